The van der Waals surface area contributed by atoms with Gasteiger partial charge in [-0.15, -0.1) is 0 Å². The Bertz CT molecular complexity index is 326. The lowest BCUT2D eigenvalue weighted by molar-refractivity contribution is -0.138. The minimum Gasteiger partial charge on any atom is -0.368 e. The Morgan fingerprint density at radius 1 is 1.12 bits per heavy atom. The van der Waals surface area contributed by atoms with E-state index in [1.807, 2.05) is 0 Å². The zero-order chi connectivity index (χ0) is 13.1. The van der Waals surface area contributed by atoms with Crippen molar-refractivity contribution in [3.05, 3.63) is 0 Å². The van der Waals surface area contributed by atoms with Crippen molar-refractivity contribution >= 4 is 30.4 Å². The van der Waals surface area contributed by atoms with E-state index in [1.54, 1.807) is 0 Å². The van der Waals surface area contributed by atoms with Crippen LogP contribution in [0.5, 0.6) is 0 Å². The first-order valence-corrected chi connectivity index (χ1v) is 5.97. The zero-order valence-corrected chi connectivity index (χ0v) is 10.4. The summed E-state index contributed by atoms with van der Waals surface area (Å²) in [6, 6.07) is 0. The second kappa shape index (κ2) is 5.39. The van der Waals surface area contributed by atoms with Crippen molar-refractivity contribution in [2.45, 2.75) is 19.3 Å². The molecule has 0 aromatic rings. The molecule has 7 heteroatoms. The molecule has 1 aliphatic carbocycles. The molecular weight excluding hydrogens is 242 g/mol. The molecule has 4 N–H and O–H groups in total. The van der Waals surface area contributed by atoms with Gasteiger partial charge in [0.1, 0.15) is 0 Å². The molecule has 6 nitrogen and oxygen atoms in total. The minimum atomic E-state index is -0.657. The van der Waals surface area contributed by atoms with E-state index in [-0.39, 0.29) is 30.8 Å². The van der Waals surface area contributed by atoms with E-state index in [4.69, 9.17) is 11.5 Å². The summed E-state index contributed by atoms with van der Waals surface area (Å²) in [5.41, 5.74) is 9.98. The fourth-order valence-electron chi connectivity index (χ4n) is 1.61. The molecule has 0 unspecified atom stereocenters. The molecule has 0 aromatic carbocycles. The van der Waals surface area contributed by atoms with Crippen LogP contribution in [0.4, 0.5) is 0 Å². The highest BCUT2D eigenvalue weighted by Crippen LogP contribution is 2.49. The lowest BCUT2D eigenvalue weighted by Gasteiger charge is -2.22. The molecule has 3 amide bonds. The van der Waals surface area contributed by atoms with Gasteiger partial charge >= 0.3 is 0 Å². The Kier molecular flexibility index (Phi) is 4.39. The molecule has 0 atom stereocenters. The van der Waals surface area contributed by atoms with Crippen LogP contribution in [0.3, 0.4) is 0 Å². The number of carbonyl (C=O) groups is 3. The number of amides is 3. The van der Waals surface area contributed by atoms with Crippen molar-refractivity contribution in [1.29, 1.82) is 0 Å². The molecule has 0 radical (unpaired) electrons. The van der Waals surface area contributed by atoms with Gasteiger partial charge < -0.3 is 16.4 Å². The average molecular weight is 259 g/mol. The maximum absolute atomic E-state index is 11.9. The third-order valence-electron chi connectivity index (χ3n) is 2.86. The maximum Gasteiger partial charge on any atom is 0.237 e. The fraction of sp³-hybridized carbons (Fsp3) is 0.700. The van der Waals surface area contributed by atoms with E-state index in [0.29, 0.717) is 5.75 Å². The highest BCUT2D eigenvalue weighted by molar-refractivity contribution is 7.80. The van der Waals surface area contributed by atoms with Gasteiger partial charge in [0.05, 0.1) is 13.1 Å². The first-order chi connectivity index (χ1) is 7.88. The van der Waals surface area contributed by atoms with E-state index in [2.05, 4.69) is 12.6 Å². The molecule has 1 fully saturated rings. The average Bonchev–Trinajstić information content (AvgIpc) is 2.96. The molecule has 0 aliphatic heterocycles. The van der Waals surface area contributed by atoms with Gasteiger partial charge in [-0.25, -0.2) is 0 Å². The monoisotopic (exact) mass is 259 g/mol. The van der Waals surface area contributed by atoms with Crippen molar-refractivity contribution in [2.24, 2.45) is 16.9 Å². The molecular formula is C10H17N3O3S. The van der Waals surface area contributed by atoms with Crippen LogP contribution in [-0.2, 0) is 14.4 Å². The predicted molar refractivity (Wildman–Crippen MR) is 65.1 cm³/mol. The minimum absolute atomic E-state index is 0.0618. The van der Waals surface area contributed by atoms with Gasteiger partial charge in [0.15, 0.2) is 0 Å². The third kappa shape index (κ3) is 4.26. The van der Waals surface area contributed by atoms with Gasteiger partial charge in [-0.1, -0.05) is 0 Å². The molecule has 0 aromatic heterocycles. The highest BCUT2D eigenvalue weighted by atomic mass is 32.1. The number of rotatable bonds is 7. The zero-order valence-electron chi connectivity index (χ0n) is 9.52. The summed E-state index contributed by atoms with van der Waals surface area (Å²) in [6.07, 6.45) is 2.18. The van der Waals surface area contributed by atoms with Crippen molar-refractivity contribution in [2.75, 3.05) is 18.8 Å². The van der Waals surface area contributed by atoms with Crippen LogP contribution >= 0.6 is 12.6 Å². The largest absolute Gasteiger partial charge is 0.368 e. The summed E-state index contributed by atoms with van der Waals surface area (Å²) in [6.45, 7) is -0.547. The van der Waals surface area contributed by atoms with Crippen LogP contribution in [0.25, 0.3) is 0 Å². The summed E-state index contributed by atoms with van der Waals surface area (Å²) >= 11 is 4.19. The number of primary amides is 2. The molecule has 1 aliphatic rings. The number of carbonyl (C=O) groups excluding carboxylic acids is 3. The molecule has 0 heterocycles. The first-order valence-electron chi connectivity index (χ1n) is 5.34. The number of nitrogens with two attached hydrogens (primary N) is 2. The quantitative estimate of drug-likeness (QED) is 0.504. The lowest BCUT2D eigenvalue weighted by Crippen LogP contribution is -2.44. The van der Waals surface area contributed by atoms with Gasteiger partial charge in [-0.05, 0) is 24.0 Å². The molecule has 0 saturated heterocycles. The highest BCUT2D eigenvalue weighted by Gasteiger charge is 2.43. The van der Waals surface area contributed by atoms with Gasteiger partial charge in [0, 0.05) is 6.42 Å². The van der Waals surface area contributed by atoms with Gasteiger partial charge in [0.2, 0.25) is 17.7 Å². The third-order valence-corrected chi connectivity index (χ3v) is 3.54. The van der Waals surface area contributed by atoms with Crippen LogP contribution < -0.4 is 11.5 Å². The number of thiol groups is 1. The Hall–Kier alpha value is -1.24. The van der Waals surface area contributed by atoms with Crippen molar-refractivity contribution in [1.82, 2.24) is 4.90 Å². The van der Waals surface area contributed by atoms with Crippen molar-refractivity contribution in [3.63, 3.8) is 0 Å². The summed E-state index contributed by atoms with van der Waals surface area (Å²) in [7, 11) is 0. The summed E-state index contributed by atoms with van der Waals surface area (Å²) in [5.74, 6) is -0.959. The number of nitrogens with zero attached hydrogens (tertiary/aromatic N) is 1. The van der Waals surface area contributed by atoms with E-state index < -0.39 is 11.8 Å². The van der Waals surface area contributed by atoms with Crippen molar-refractivity contribution in [3.8, 4) is 0 Å². The molecule has 96 valence electrons. The SMILES string of the molecule is NC(=O)CN(CC(N)=O)C(=O)CC1(CS)CC1. The Morgan fingerprint density at radius 3 is 1.88 bits per heavy atom. The number of hydrogen-bond donors (Lipinski definition) is 3. The Labute approximate surface area is 105 Å². The standard InChI is InChI=1S/C10H17N3O3S/c11-7(14)4-13(5-8(12)15)9(16)3-10(6-17)1-2-10/h17H,1-6H2,(H2,11,14)(H2,12,15). The maximum atomic E-state index is 11.9. The Balaban J connectivity index is 2.58. The van der Waals surface area contributed by atoms with Gasteiger partial charge in [-0.2, -0.15) is 12.6 Å². The van der Waals surface area contributed by atoms with E-state index in [1.165, 1.54) is 0 Å². The topological polar surface area (TPSA) is 106 Å². The van der Waals surface area contributed by atoms with Gasteiger partial charge in [-0.3, -0.25) is 14.4 Å². The smallest absolute Gasteiger partial charge is 0.237 e. The fourth-order valence-corrected chi connectivity index (χ4v) is 2.04. The van der Waals surface area contributed by atoms with Crippen LogP contribution in [-0.4, -0.2) is 41.5 Å². The second-order valence-electron chi connectivity index (χ2n) is 4.52. The summed E-state index contributed by atoms with van der Waals surface area (Å²) < 4.78 is 0. The summed E-state index contributed by atoms with van der Waals surface area (Å²) in [4.78, 5) is 34.6. The van der Waals surface area contributed by atoms with Crippen LogP contribution in [0.15, 0.2) is 0 Å². The second-order valence-corrected chi connectivity index (χ2v) is 4.83. The van der Waals surface area contributed by atoms with Crippen LogP contribution in [0.2, 0.25) is 0 Å². The van der Waals surface area contributed by atoms with E-state index in [9.17, 15) is 14.4 Å². The molecule has 17 heavy (non-hydrogen) atoms. The predicted octanol–water partition coefficient (Wildman–Crippen LogP) is -1.11. The number of hydrogen-bond acceptors (Lipinski definition) is 4. The van der Waals surface area contributed by atoms with Crippen LogP contribution in [0.1, 0.15) is 19.3 Å². The first kappa shape index (κ1) is 13.8. The molecule has 0 spiro atoms. The molecule has 1 saturated carbocycles. The molecule has 0 bridgehead atoms. The lowest BCUT2D eigenvalue weighted by atomic mass is 10.0. The van der Waals surface area contributed by atoms with E-state index >= 15 is 0 Å². The van der Waals surface area contributed by atoms with Crippen molar-refractivity contribution < 1.29 is 14.4 Å². The normalized spacial score (nSPS) is 16.3. The molecule has 1 rings (SSSR count). The summed E-state index contributed by atoms with van der Waals surface area (Å²) in [5, 5.41) is 0. The Morgan fingerprint density at radius 2 is 1.59 bits per heavy atom. The van der Waals surface area contributed by atoms with E-state index in [0.717, 1.165) is 17.7 Å². The van der Waals surface area contributed by atoms with Gasteiger partial charge in [0.25, 0.3) is 0 Å². The van der Waals surface area contributed by atoms with Crippen LogP contribution in [0, 0.1) is 5.41 Å².